The number of hydrogen-bond donors (Lipinski definition) is 0. The molecule has 1 aliphatic heterocycles. The van der Waals surface area contributed by atoms with Crippen molar-refractivity contribution in [2.24, 2.45) is 0 Å². The van der Waals surface area contributed by atoms with E-state index in [-0.39, 0.29) is 18.1 Å². The van der Waals surface area contributed by atoms with Crippen LogP contribution in [0.4, 0.5) is 4.39 Å². The molecule has 33 heavy (non-hydrogen) atoms. The summed E-state index contributed by atoms with van der Waals surface area (Å²) in [5, 5.41) is 0. The Bertz CT molecular complexity index is 1270. The fraction of sp³-hybridized carbons (Fsp3) is 0.320. The lowest BCUT2D eigenvalue weighted by Gasteiger charge is -2.33. The van der Waals surface area contributed by atoms with Gasteiger partial charge in [0.1, 0.15) is 5.82 Å². The normalized spacial score (nSPS) is 15.6. The van der Waals surface area contributed by atoms with Crippen LogP contribution < -0.4 is 0 Å². The molecule has 0 unspecified atom stereocenters. The summed E-state index contributed by atoms with van der Waals surface area (Å²) in [5.74, 6) is -0.312. The van der Waals surface area contributed by atoms with Crippen LogP contribution in [0.5, 0.6) is 0 Å². The van der Waals surface area contributed by atoms with E-state index in [2.05, 4.69) is 0 Å². The standard InChI is InChI=1S/C25H28FN3O3S/c1-18-6-4-5-7-25(18)33(31,32)28-14-12-27(13-15-28)17-24(30)23-16-19(2)29(20(23)3)22-10-8-21(26)9-11-22/h4-11,16H,12-15,17H2,1-3H3. The van der Waals surface area contributed by atoms with Crippen LogP contribution in [-0.4, -0.2) is 60.7 Å². The van der Waals surface area contributed by atoms with Crippen LogP contribution >= 0.6 is 0 Å². The molecule has 0 amide bonds. The van der Waals surface area contributed by atoms with Crippen molar-refractivity contribution in [1.82, 2.24) is 13.8 Å². The van der Waals surface area contributed by atoms with Gasteiger partial charge in [-0.25, -0.2) is 12.8 Å². The molecule has 2 heterocycles. The molecular weight excluding hydrogens is 441 g/mol. The monoisotopic (exact) mass is 469 g/mol. The molecule has 174 valence electrons. The summed E-state index contributed by atoms with van der Waals surface area (Å²) in [6, 6.07) is 15.0. The number of sulfonamides is 1. The first kappa shape index (κ1) is 23.4. The van der Waals surface area contributed by atoms with Crippen LogP contribution in [0.2, 0.25) is 0 Å². The highest BCUT2D eigenvalue weighted by Crippen LogP contribution is 2.23. The zero-order valence-corrected chi connectivity index (χ0v) is 19.9. The largest absolute Gasteiger partial charge is 0.318 e. The van der Waals surface area contributed by atoms with Gasteiger partial charge in [-0.05, 0) is 62.7 Å². The van der Waals surface area contributed by atoms with E-state index < -0.39 is 10.0 Å². The van der Waals surface area contributed by atoms with E-state index >= 15 is 0 Å². The van der Waals surface area contributed by atoms with Crippen molar-refractivity contribution in [1.29, 1.82) is 0 Å². The zero-order chi connectivity index (χ0) is 23.8. The number of aryl methyl sites for hydroxylation is 2. The second kappa shape index (κ2) is 9.21. The van der Waals surface area contributed by atoms with E-state index in [4.69, 9.17) is 0 Å². The molecule has 3 aromatic rings. The van der Waals surface area contributed by atoms with Crippen LogP contribution in [0.3, 0.4) is 0 Å². The number of benzene rings is 2. The summed E-state index contributed by atoms with van der Waals surface area (Å²) < 4.78 is 42.8. The van der Waals surface area contributed by atoms with Gasteiger partial charge in [-0.2, -0.15) is 4.31 Å². The second-order valence-electron chi connectivity index (χ2n) is 8.47. The zero-order valence-electron chi connectivity index (χ0n) is 19.1. The van der Waals surface area contributed by atoms with E-state index in [0.29, 0.717) is 36.6 Å². The molecular formula is C25H28FN3O3S. The van der Waals surface area contributed by atoms with Crippen LogP contribution in [0.25, 0.3) is 5.69 Å². The molecule has 0 saturated carbocycles. The van der Waals surface area contributed by atoms with Crippen molar-refractivity contribution in [2.75, 3.05) is 32.7 Å². The number of aromatic nitrogens is 1. The average Bonchev–Trinajstić information content (AvgIpc) is 3.09. The highest BCUT2D eigenvalue weighted by molar-refractivity contribution is 7.89. The first-order chi connectivity index (χ1) is 15.7. The highest BCUT2D eigenvalue weighted by atomic mass is 32.2. The van der Waals surface area contributed by atoms with Crippen LogP contribution in [0.1, 0.15) is 27.3 Å². The van der Waals surface area contributed by atoms with Gasteiger partial charge in [0.15, 0.2) is 5.78 Å². The fourth-order valence-corrected chi connectivity index (χ4v) is 6.08. The summed E-state index contributed by atoms with van der Waals surface area (Å²) in [4.78, 5) is 15.4. The smallest absolute Gasteiger partial charge is 0.243 e. The molecule has 1 aliphatic rings. The topological polar surface area (TPSA) is 62.6 Å². The molecule has 8 heteroatoms. The quantitative estimate of drug-likeness (QED) is 0.516. The minimum atomic E-state index is -3.55. The Hall–Kier alpha value is -2.81. The highest BCUT2D eigenvalue weighted by Gasteiger charge is 2.30. The number of nitrogens with zero attached hydrogens (tertiary/aromatic N) is 3. The molecule has 0 aliphatic carbocycles. The SMILES string of the molecule is Cc1ccccc1S(=O)(=O)N1CCN(CC(=O)c2cc(C)n(-c3ccc(F)cc3)c2C)CC1. The van der Waals surface area contributed by atoms with Gasteiger partial charge in [-0.1, -0.05) is 18.2 Å². The summed E-state index contributed by atoms with van der Waals surface area (Å²) in [6.45, 7) is 7.51. The number of hydrogen-bond acceptors (Lipinski definition) is 4. The fourth-order valence-electron chi connectivity index (χ4n) is 4.43. The summed E-state index contributed by atoms with van der Waals surface area (Å²) in [7, 11) is -3.55. The van der Waals surface area contributed by atoms with Gasteiger partial charge in [0.05, 0.1) is 11.4 Å². The van der Waals surface area contributed by atoms with Gasteiger partial charge in [-0.3, -0.25) is 9.69 Å². The van der Waals surface area contributed by atoms with E-state index in [0.717, 1.165) is 22.6 Å². The molecule has 4 rings (SSSR count). The predicted octanol–water partition coefficient (Wildman–Crippen LogP) is 3.73. The van der Waals surface area contributed by atoms with E-state index in [1.165, 1.54) is 16.4 Å². The Kier molecular flexibility index (Phi) is 6.52. The van der Waals surface area contributed by atoms with E-state index in [1.54, 1.807) is 37.3 Å². The molecule has 0 atom stereocenters. The second-order valence-corrected chi connectivity index (χ2v) is 10.4. The lowest BCUT2D eigenvalue weighted by molar-refractivity contribution is 0.0901. The maximum absolute atomic E-state index is 13.3. The Morgan fingerprint density at radius 2 is 1.58 bits per heavy atom. The molecule has 1 fully saturated rings. The lowest BCUT2D eigenvalue weighted by Crippen LogP contribution is -2.49. The summed E-state index contributed by atoms with van der Waals surface area (Å²) in [5.41, 5.74) is 3.88. The van der Waals surface area contributed by atoms with Crippen LogP contribution in [0, 0.1) is 26.6 Å². The van der Waals surface area contributed by atoms with Gasteiger partial charge >= 0.3 is 0 Å². The molecule has 0 N–H and O–H groups in total. The third kappa shape index (κ3) is 4.64. The minimum absolute atomic E-state index is 0.00771. The van der Waals surface area contributed by atoms with Gasteiger partial charge < -0.3 is 4.57 Å². The van der Waals surface area contributed by atoms with Crippen LogP contribution in [0.15, 0.2) is 59.5 Å². The number of halogens is 1. The Morgan fingerprint density at radius 1 is 0.939 bits per heavy atom. The van der Waals surface area contributed by atoms with Crippen LogP contribution in [-0.2, 0) is 10.0 Å². The van der Waals surface area contributed by atoms with Gasteiger partial charge in [0, 0.05) is 48.8 Å². The first-order valence-electron chi connectivity index (χ1n) is 10.9. The third-order valence-electron chi connectivity index (χ3n) is 6.23. The average molecular weight is 470 g/mol. The van der Waals surface area contributed by atoms with Gasteiger partial charge in [0.2, 0.25) is 10.0 Å². The predicted molar refractivity (Wildman–Crippen MR) is 126 cm³/mol. The van der Waals surface area contributed by atoms with Crippen molar-refractivity contribution in [2.45, 2.75) is 25.7 Å². The van der Waals surface area contributed by atoms with E-state index in [1.807, 2.05) is 35.4 Å². The molecule has 6 nitrogen and oxygen atoms in total. The molecule has 1 aromatic heterocycles. The Labute approximate surface area is 194 Å². The molecule has 0 bridgehead atoms. The maximum Gasteiger partial charge on any atom is 0.243 e. The third-order valence-corrected chi connectivity index (χ3v) is 8.29. The number of ketones is 1. The Balaban J connectivity index is 1.43. The minimum Gasteiger partial charge on any atom is -0.318 e. The first-order valence-corrected chi connectivity index (χ1v) is 12.4. The number of piperazine rings is 1. The van der Waals surface area contributed by atoms with Crippen molar-refractivity contribution < 1.29 is 17.6 Å². The summed E-state index contributed by atoms with van der Waals surface area (Å²) in [6.07, 6.45) is 0. The molecule has 2 aromatic carbocycles. The van der Waals surface area contributed by atoms with Crippen molar-refractivity contribution in [3.05, 3.63) is 82.9 Å². The molecule has 0 spiro atoms. The Morgan fingerprint density at radius 3 is 2.21 bits per heavy atom. The van der Waals surface area contributed by atoms with Crippen molar-refractivity contribution in [3.8, 4) is 5.69 Å². The van der Waals surface area contributed by atoms with Gasteiger partial charge in [0.25, 0.3) is 0 Å². The summed E-state index contributed by atoms with van der Waals surface area (Å²) >= 11 is 0. The van der Waals surface area contributed by atoms with Crippen molar-refractivity contribution in [3.63, 3.8) is 0 Å². The molecule has 0 radical (unpaired) electrons. The number of carbonyl (C=O) groups is 1. The number of carbonyl (C=O) groups excluding carboxylic acids is 1. The molecule has 1 saturated heterocycles. The number of rotatable bonds is 6. The van der Waals surface area contributed by atoms with Gasteiger partial charge in [-0.15, -0.1) is 0 Å². The van der Waals surface area contributed by atoms with E-state index in [9.17, 15) is 17.6 Å². The lowest BCUT2D eigenvalue weighted by atomic mass is 10.1. The van der Waals surface area contributed by atoms with Crippen molar-refractivity contribution >= 4 is 15.8 Å². The maximum atomic E-state index is 13.3. The number of Topliss-reactive ketones (excluding diaryl/α,β-unsaturated/α-hetero) is 1.